The summed E-state index contributed by atoms with van der Waals surface area (Å²) in [5.41, 5.74) is 1.71. The van der Waals surface area contributed by atoms with Gasteiger partial charge in [0.1, 0.15) is 5.65 Å². The first-order valence-corrected chi connectivity index (χ1v) is 8.37. The molecule has 7 heteroatoms. The molecule has 0 aliphatic carbocycles. The standard InChI is InChI=1S/C19H18N4O3/c1-11-8-12-6-4-5-7-15(12)23(11)17(24)13-9-14-16(20-10-13)21(2)19(26)22(3)18(14)25/h4-7,9-11H,8H2,1-3H3/t11-/m0/s1. The first-order chi connectivity index (χ1) is 12.4. The van der Waals surface area contributed by atoms with E-state index < -0.39 is 11.2 Å². The number of carbonyl (C=O) groups is 1. The highest BCUT2D eigenvalue weighted by atomic mass is 16.2. The van der Waals surface area contributed by atoms with Crippen LogP contribution in [0, 0.1) is 0 Å². The summed E-state index contributed by atoms with van der Waals surface area (Å²) in [7, 11) is 2.97. The zero-order chi connectivity index (χ0) is 18.6. The fourth-order valence-electron chi connectivity index (χ4n) is 3.60. The van der Waals surface area contributed by atoms with E-state index in [9.17, 15) is 14.4 Å². The van der Waals surface area contributed by atoms with Crippen LogP contribution in [0.4, 0.5) is 5.69 Å². The molecule has 0 radical (unpaired) electrons. The van der Waals surface area contributed by atoms with E-state index in [0.717, 1.165) is 22.2 Å². The van der Waals surface area contributed by atoms with Crippen molar-refractivity contribution in [2.75, 3.05) is 4.90 Å². The van der Waals surface area contributed by atoms with Crippen LogP contribution in [0.25, 0.3) is 11.0 Å². The van der Waals surface area contributed by atoms with Crippen molar-refractivity contribution >= 4 is 22.6 Å². The van der Waals surface area contributed by atoms with Crippen LogP contribution >= 0.6 is 0 Å². The molecule has 1 amide bonds. The van der Waals surface area contributed by atoms with E-state index in [-0.39, 0.29) is 23.0 Å². The lowest BCUT2D eigenvalue weighted by atomic mass is 10.1. The maximum Gasteiger partial charge on any atom is 0.332 e. The number of pyridine rings is 1. The van der Waals surface area contributed by atoms with Crippen LogP contribution in [0.3, 0.4) is 0 Å². The highest BCUT2D eigenvalue weighted by molar-refractivity contribution is 6.08. The largest absolute Gasteiger partial charge is 0.332 e. The average Bonchev–Trinajstić information content (AvgIpc) is 2.99. The molecule has 0 unspecified atom stereocenters. The Hall–Kier alpha value is -3.22. The molecule has 3 aromatic rings. The molecule has 132 valence electrons. The molecule has 26 heavy (non-hydrogen) atoms. The predicted octanol–water partition coefficient (Wildman–Crippen LogP) is 1.22. The lowest BCUT2D eigenvalue weighted by Crippen LogP contribution is -2.38. The van der Waals surface area contributed by atoms with Gasteiger partial charge in [-0.25, -0.2) is 9.78 Å². The summed E-state index contributed by atoms with van der Waals surface area (Å²) in [6, 6.07) is 9.36. The molecular formula is C19H18N4O3. The molecule has 0 bridgehead atoms. The molecule has 0 N–H and O–H groups in total. The number of benzene rings is 1. The third-order valence-electron chi connectivity index (χ3n) is 4.97. The van der Waals surface area contributed by atoms with Crippen LogP contribution in [-0.2, 0) is 20.5 Å². The molecule has 1 aromatic carbocycles. The van der Waals surface area contributed by atoms with E-state index in [0.29, 0.717) is 5.56 Å². The lowest BCUT2D eigenvalue weighted by Gasteiger charge is -2.22. The van der Waals surface area contributed by atoms with Crippen molar-refractivity contribution in [3.05, 3.63) is 68.5 Å². The van der Waals surface area contributed by atoms with Crippen LogP contribution in [0.2, 0.25) is 0 Å². The predicted molar refractivity (Wildman–Crippen MR) is 98.6 cm³/mol. The Labute approximate surface area is 149 Å². The minimum Gasteiger partial charge on any atom is -0.305 e. The van der Waals surface area contributed by atoms with Gasteiger partial charge in [0.05, 0.1) is 10.9 Å². The van der Waals surface area contributed by atoms with Crippen LogP contribution in [0.5, 0.6) is 0 Å². The first kappa shape index (κ1) is 16.3. The number of fused-ring (bicyclic) bond motifs is 2. The highest BCUT2D eigenvalue weighted by Crippen LogP contribution is 2.33. The molecule has 0 fully saturated rings. The molecule has 0 saturated heterocycles. The summed E-state index contributed by atoms with van der Waals surface area (Å²) >= 11 is 0. The first-order valence-electron chi connectivity index (χ1n) is 8.37. The van der Waals surface area contributed by atoms with Gasteiger partial charge >= 0.3 is 5.69 Å². The molecule has 1 atom stereocenters. The monoisotopic (exact) mass is 350 g/mol. The maximum absolute atomic E-state index is 13.1. The number of hydrogen-bond acceptors (Lipinski definition) is 4. The van der Waals surface area contributed by atoms with Gasteiger partial charge in [0.25, 0.3) is 11.5 Å². The van der Waals surface area contributed by atoms with E-state index in [1.54, 1.807) is 11.9 Å². The molecule has 4 rings (SSSR count). The van der Waals surface area contributed by atoms with Crippen molar-refractivity contribution in [3.8, 4) is 0 Å². The zero-order valence-electron chi connectivity index (χ0n) is 14.8. The third-order valence-corrected chi connectivity index (χ3v) is 4.97. The van der Waals surface area contributed by atoms with E-state index >= 15 is 0 Å². The summed E-state index contributed by atoms with van der Waals surface area (Å²) in [6.07, 6.45) is 2.22. The lowest BCUT2D eigenvalue weighted by molar-refractivity contribution is 0.0981. The number of nitrogens with zero attached hydrogens (tertiary/aromatic N) is 4. The zero-order valence-corrected chi connectivity index (χ0v) is 14.8. The summed E-state index contributed by atoms with van der Waals surface area (Å²) in [5, 5.41) is 0.251. The van der Waals surface area contributed by atoms with Gasteiger partial charge in [0.15, 0.2) is 0 Å². The third kappa shape index (κ3) is 2.20. The minimum atomic E-state index is -0.458. The number of anilines is 1. The summed E-state index contributed by atoms with van der Waals surface area (Å²) < 4.78 is 2.32. The van der Waals surface area contributed by atoms with Gasteiger partial charge in [-0.15, -0.1) is 0 Å². The molecule has 1 aliphatic heterocycles. The highest BCUT2D eigenvalue weighted by Gasteiger charge is 2.31. The van der Waals surface area contributed by atoms with Crippen LogP contribution in [0.15, 0.2) is 46.1 Å². The topological polar surface area (TPSA) is 77.2 Å². The number of para-hydroxylation sites is 1. The number of rotatable bonds is 1. The fourth-order valence-corrected chi connectivity index (χ4v) is 3.60. The van der Waals surface area contributed by atoms with E-state index in [1.165, 1.54) is 23.9 Å². The van der Waals surface area contributed by atoms with Crippen molar-refractivity contribution in [1.29, 1.82) is 0 Å². The second kappa shape index (κ2) is 5.66. The van der Waals surface area contributed by atoms with Gasteiger partial charge in [-0.1, -0.05) is 18.2 Å². The fraction of sp³-hybridized carbons (Fsp3) is 0.263. The number of aryl methyl sites for hydroxylation is 1. The Morgan fingerprint density at radius 3 is 2.65 bits per heavy atom. The van der Waals surface area contributed by atoms with Crippen LogP contribution < -0.4 is 16.1 Å². The molecule has 0 spiro atoms. The molecule has 3 heterocycles. The quantitative estimate of drug-likeness (QED) is 0.661. The number of aromatic nitrogens is 3. The van der Waals surface area contributed by atoms with Gasteiger partial charge in [-0.2, -0.15) is 0 Å². The van der Waals surface area contributed by atoms with Crippen molar-refractivity contribution in [2.45, 2.75) is 19.4 Å². The summed E-state index contributed by atoms with van der Waals surface area (Å²) in [4.78, 5) is 43.5. The van der Waals surface area contributed by atoms with Gasteiger partial charge in [-0.3, -0.25) is 18.7 Å². The second-order valence-corrected chi connectivity index (χ2v) is 6.66. The number of amides is 1. The Morgan fingerprint density at radius 1 is 1.15 bits per heavy atom. The van der Waals surface area contributed by atoms with Gasteiger partial charge in [0, 0.05) is 32.0 Å². The minimum absolute atomic E-state index is 0.0264. The molecule has 2 aromatic heterocycles. The molecule has 0 saturated carbocycles. The second-order valence-electron chi connectivity index (χ2n) is 6.66. The number of hydrogen-bond donors (Lipinski definition) is 0. The Kier molecular flexibility index (Phi) is 3.54. The Morgan fingerprint density at radius 2 is 1.88 bits per heavy atom. The van der Waals surface area contributed by atoms with Crippen molar-refractivity contribution in [1.82, 2.24) is 14.1 Å². The van der Waals surface area contributed by atoms with E-state index in [1.807, 2.05) is 31.2 Å². The van der Waals surface area contributed by atoms with Crippen molar-refractivity contribution < 1.29 is 4.79 Å². The van der Waals surface area contributed by atoms with Crippen LogP contribution in [-0.4, -0.2) is 26.1 Å². The molecular weight excluding hydrogens is 332 g/mol. The molecule has 7 nitrogen and oxygen atoms in total. The Balaban J connectivity index is 1.87. The number of carbonyl (C=O) groups excluding carboxylic acids is 1. The average molecular weight is 350 g/mol. The maximum atomic E-state index is 13.1. The summed E-state index contributed by atoms with van der Waals surface area (Å²) in [6.45, 7) is 2.00. The van der Waals surface area contributed by atoms with Gasteiger partial charge in [0.2, 0.25) is 0 Å². The van der Waals surface area contributed by atoms with E-state index in [2.05, 4.69) is 4.98 Å². The molecule has 1 aliphatic rings. The van der Waals surface area contributed by atoms with Crippen molar-refractivity contribution in [2.24, 2.45) is 14.1 Å². The van der Waals surface area contributed by atoms with Gasteiger partial charge in [-0.05, 0) is 31.0 Å². The summed E-state index contributed by atoms with van der Waals surface area (Å²) in [5.74, 6) is -0.201. The SMILES string of the molecule is C[C@H]1Cc2ccccc2N1C(=O)c1cnc2c(c1)c(=O)n(C)c(=O)n2C. The van der Waals surface area contributed by atoms with Crippen molar-refractivity contribution in [3.63, 3.8) is 0 Å². The normalized spacial score (nSPS) is 16.1. The Bertz CT molecular complexity index is 1180. The van der Waals surface area contributed by atoms with Gasteiger partial charge < -0.3 is 4.90 Å². The smallest absolute Gasteiger partial charge is 0.305 e. The van der Waals surface area contributed by atoms with E-state index in [4.69, 9.17) is 0 Å². The van der Waals surface area contributed by atoms with Crippen LogP contribution in [0.1, 0.15) is 22.8 Å².